The molecule has 1 atom stereocenters. The molecule has 0 aliphatic carbocycles. The monoisotopic (exact) mass is 470 g/mol. The fraction of sp³-hybridized carbons (Fsp3) is 0.318. The Hall–Kier alpha value is -3.73. The molecule has 0 saturated heterocycles. The number of ether oxygens (including phenoxy) is 3. The van der Waals surface area contributed by atoms with E-state index in [9.17, 15) is 14.4 Å². The Bertz CT molecular complexity index is 1130. The lowest BCUT2D eigenvalue weighted by Gasteiger charge is -2.23. The minimum atomic E-state index is -0.743. The summed E-state index contributed by atoms with van der Waals surface area (Å²) >= 11 is 1.53. The molecule has 1 N–H and O–H groups in total. The summed E-state index contributed by atoms with van der Waals surface area (Å²) in [7, 11) is 3.10. The molecular weight excluding hydrogens is 448 g/mol. The van der Waals surface area contributed by atoms with Gasteiger partial charge in [0, 0.05) is 19.3 Å². The summed E-state index contributed by atoms with van der Waals surface area (Å²) in [6.45, 7) is -0.503. The quantitative estimate of drug-likeness (QED) is 0.620. The largest absolute Gasteiger partial charge is 0.493 e. The molecule has 33 heavy (non-hydrogen) atoms. The summed E-state index contributed by atoms with van der Waals surface area (Å²) in [4.78, 5) is 37.4. The molecule has 172 valence electrons. The van der Waals surface area contributed by atoms with Crippen LogP contribution in [0.15, 0.2) is 45.9 Å². The van der Waals surface area contributed by atoms with Crippen molar-refractivity contribution in [2.75, 3.05) is 20.8 Å². The smallest absolute Gasteiger partial charge is 0.355 e. The van der Waals surface area contributed by atoms with Crippen molar-refractivity contribution in [1.82, 2.24) is 10.4 Å². The van der Waals surface area contributed by atoms with Crippen molar-refractivity contribution in [3.8, 4) is 11.5 Å². The zero-order valence-electron chi connectivity index (χ0n) is 18.1. The highest BCUT2D eigenvalue weighted by Gasteiger charge is 2.34. The molecule has 2 aliphatic heterocycles. The average Bonchev–Trinajstić information content (AvgIpc) is 3.52. The van der Waals surface area contributed by atoms with Crippen molar-refractivity contribution < 1.29 is 28.6 Å². The van der Waals surface area contributed by atoms with Gasteiger partial charge in [-0.15, -0.1) is 11.3 Å². The van der Waals surface area contributed by atoms with Crippen LogP contribution in [0, 0.1) is 0 Å². The zero-order chi connectivity index (χ0) is 23.4. The first-order valence-corrected chi connectivity index (χ1v) is 11.1. The maximum Gasteiger partial charge on any atom is 0.355 e. The fourth-order valence-corrected chi connectivity index (χ4v) is 4.27. The number of hydrogen-bond donors (Lipinski definition) is 1. The standard InChI is InChI=1S/C22H22N4O6S/c1-30-17-7-5-13(10-18(17)31-2)16-11-15(19-4-3-9-33-19)25-26(16)21(28)12-32-22(29)14-6-8-20(27)24-23-14/h3-5,7,9-10,16H,6,8,11-12H2,1-2H3,(H,24,27)/t16-/m1/s1. The van der Waals surface area contributed by atoms with E-state index in [2.05, 4.69) is 15.6 Å². The number of hydrogen-bond acceptors (Lipinski definition) is 9. The highest BCUT2D eigenvalue weighted by molar-refractivity contribution is 7.12. The third-order valence-electron chi connectivity index (χ3n) is 5.23. The Morgan fingerprint density at radius 1 is 1.18 bits per heavy atom. The third-order valence-corrected chi connectivity index (χ3v) is 6.15. The predicted octanol–water partition coefficient (Wildman–Crippen LogP) is 2.25. The first-order chi connectivity index (χ1) is 16.0. The second-order valence-corrected chi connectivity index (χ2v) is 8.21. The van der Waals surface area contributed by atoms with Gasteiger partial charge in [0.2, 0.25) is 5.91 Å². The van der Waals surface area contributed by atoms with Gasteiger partial charge in [0.25, 0.3) is 5.91 Å². The number of carbonyl (C=O) groups is 3. The van der Waals surface area contributed by atoms with Crippen molar-refractivity contribution in [3.63, 3.8) is 0 Å². The lowest BCUT2D eigenvalue weighted by atomic mass is 10.0. The van der Waals surface area contributed by atoms with E-state index in [0.717, 1.165) is 16.2 Å². The minimum absolute atomic E-state index is 0.0723. The Kier molecular flexibility index (Phi) is 6.68. The van der Waals surface area contributed by atoms with Crippen LogP contribution in [0.3, 0.4) is 0 Å². The maximum atomic E-state index is 13.0. The molecule has 0 unspecified atom stereocenters. The number of thiophene rings is 1. The minimum Gasteiger partial charge on any atom is -0.493 e. The topological polar surface area (TPSA) is 119 Å². The number of esters is 1. The molecule has 0 saturated carbocycles. The third kappa shape index (κ3) is 4.87. The zero-order valence-corrected chi connectivity index (χ0v) is 18.9. The van der Waals surface area contributed by atoms with Gasteiger partial charge in [0.15, 0.2) is 18.1 Å². The lowest BCUT2D eigenvalue weighted by molar-refractivity contribution is -0.148. The molecule has 1 aromatic carbocycles. The molecule has 0 fully saturated rings. The first kappa shape index (κ1) is 22.5. The SMILES string of the molecule is COc1ccc([C@H]2CC(c3cccs3)=NN2C(=O)COC(=O)C2=NNC(=O)CC2)cc1OC. The van der Waals surface area contributed by atoms with Crippen LogP contribution in [-0.4, -0.2) is 55.0 Å². The maximum absolute atomic E-state index is 13.0. The van der Waals surface area contributed by atoms with Gasteiger partial charge in [-0.1, -0.05) is 12.1 Å². The Labute approximate surface area is 193 Å². The molecule has 4 rings (SSSR count). The van der Waals surface area contributed by atoms with E-state index in [-0.39, 0.29) is 24.5 Å². The van der Waals surface area contributed by atoms with Crippen LogP contribution in [0.2, 0.25) is 0 Å². The first-order valence-electron chi connectivity index (χ1n) is 10.2. The van der Waals surface area contributed by atoms with Gasteiger partial charge in [0.05, 0.1) is 30.9 Å². The summed E-state index contributed by atoms with van der Waals surface area (Å²) in [5, 5.41) is 11.5. The van der Waals surface area contributed by atoms with Crippen LogP contribution in [0.5, 0.6) is 11.5 Å². The van der Waals surface area contributed by atoms with Crippen LogP contribution in [0.4, 0.5) is 0 Å². The van der Waals surface area contributed by atoms with E-state index >= 15 is 0 Å². The van der Waals surface area contributed by atoms with E-state index in [1.54, 1.807) is 20.3 Å². The molecule has 0 radical (unpaired) electrons. The van der Waals surface area contributed by atoms with Gasteiger partial charge >= 0.3 is 5.97 Å². The van der Waals surface area contributed by atoms with Crippen molar-refractivity contribution in [2.24, 2.45) is 10.2 Å². The summed E-state index contributed by atoms with van der Waals surface area (Å²) < 4.78 is 15.9. The molecular formula is C22H22N4O6S. The summed E-state index contributed by atoms with van der Waals surface area (Å²) in [6, 6.07) is 8.89. The molecule has 0 bridgehead atoms. The number of benzene rings is 1. The van der Waals surface area contributed by atoms with Crippen molar-refractivity contribution >= 4 is 40.5 Å². The van der Waals surface area contributed by atoms with Gasteiger partial charge < -0.3 is 14.2 Å². The number of nitrogens with zero attached hydrogens (tertiary/aromatic N) is 3. The number of carbonyl (C=O) groups excluding carboxylic acids is 3. The molecule has 0 spiro atoms. The van der Waals surface area contributed by atoms with Crippen molar-refractivity contribution in [1.29, 1.82) is 0 Å². The van der Waals surface area contributed by atoms with E-state index in [4.69, 9.17) is 14.2 Å². The van der Waals surface area contributed by atoms with E-state index in [1.807, 2.05) is 29.6 Å². The van der Waals surface area contributed by atoms with Gasteiger partial charge in [-0.25, -0.2) is 15.2 Å². The summed E-state index contributed by atoms with van der Waals surface area (Å²) in [5.41, 5.74) is 3.88. The summed E-state index contributed by atoms with van der Waals surface area (Å²) in [5.74, 6) is -0.378. The number of amides is 2. The Balaban J connectivity index is 1.53. The molecule has 2 aromatic rings. The molecule has 10 nitrogen and oxygen atoms in total. The predicted molar refractivity (Wildman–Crippen MR) is 120 cm³/mol. The van der Waals surface area contributed by atoms with Crippen LogP contribution in [0.1, 0.15) is 35.7 Å². The average molecular weight is 471 g/mol. The van der Waals surface area contributed by atoms with Crippen molar-refractivity contribution in [2.45, 2.75) is 25.3 Å². The van der Waals surface area contributed by atoms with Gasteiger partial charge in [-0.2, -0.15) is 10.2 Å². The van der Waals surface area contributed by atoms with Gasteiger partial charge in [-0.3, -0.25) is 9.59 Å². The highest BCUT2D eigenvalue weighted by atomic mass is 32.1. The normalized spacial score (nSPS) is 17.7. The van der Waals surface area contributed by atoms with Crippen LogP contribution >= 0.6 is 11.3 Å². The number of rotatable bonds is 7. The molecule has 3 heterocycles. The number of methoxy groups -OCH3 is 2. The molecule has 11 heteroatoms. The van der Waals surface area contributed by atoms with Gasteiger partial charge in [-0.05, 0) is 29.1 Å². The molecule has 2 amide bonds. The second-order valence-electron chi connectivity index (χ2n) is 7.27. The Morgan fingerprint density at radius 2 is 2.00 bits per heavy atom. The molecule has 1 aromatic heterocycles. The van der Waals surface area contributed by atoms with Crippen LogP contribution < -0.4 is 14.9 Å². The number of hydrazone groups is 2. The Morgan fingerprint density at radius 3 is 2.67 bits per heavy atom. The second kappa shape index (κ2) is 9.82. The highest BCUT2D eigenvalue weighted by Crippen LogP contribution is 2.37. The van der Waals surface area contributed by atoms with Crippen molar-refractivity contribution in [3.05, 3.63) is 46.2 Å². The fourth-order valence-electron chi connectivity index (χ4n) is 3.55. The van der Waals surface area contributed by atoms with E-state index in [0.29, 0.717) is 17.9 Å². The van der Waals surface area contributed by atoms with E-state index < -0.39 is 24.5 Å². The van der Waals surface area contributed by atoms with Crippen LogP contribution in [0.25, 0.3) is 0 Å². The van der Waals surface area contributed by atoms with Crippen LogP contribution in [-0.2, 0) is 19.1 Å². The molecule has 2 aliphatic rings. The van der Waals surface area contributed by atoms with E-state index in [1.165, 1.54) is 16.3 Å². The number of nitrogens with one attached hydrogen (secondary N) is 1. The summed E-state index contributed by atoms with van der Waals surface area (Å²) in [6.07, 6.45) is 0.801. The van der Waals surface area contributed by atoms with Gasteiger partial charge in [0.1, 0.15) is 5.71 Å². The lowest BCUT2D eigenvalue weighted by Crippen LogP contribution is -2.34.